The van der Waals surface area contributed by atoms with Crippen molar-refractivity contribution < 1.29 is 43.8 Å². The first-order chi connectivity index (χ1) is 40.3. The van der Waals surface area contributed by atoms with Crippen LogP contribution in [0.1, 0.15) is 82.9 Å². The number of nitrogens with zero attached hydrogens (tertiary/aromatic N) is 2. The summed E-state index contributed by atoms with van der Waals surface area (Å²) in [5.41, 5.74) is 13.6. The number of aryl methyl sites for hydroxylation is 2. The van der Waals surface area contributed by atoms with Crippen LogP contribution in [-0.4, -0.2) is 120 Å². The van der Waals surface area contributed by atoms with Gasteiger partial charge in [-0.3, -0.25) is 19.2 Å². The zero-order valence-electron chi connectivity index (χ0n) is 48.0. The van der Waals surface area contributed by atoms with Crippen LogP contribution < -0.4 is 52.8 Å². The van der Waals surface area contributed by atoms with Crippen molar-refractivity contribution in [2.45, 2.75) is 104 Å². The zero-order valence-corrected chi connectivity index (χ0v) is 51.1. The Labute approximate surface area is 513 Å². The molecule has 0 aliphatic rings. The maximum atomic E-state index is 12.3. The monoisotopic (exact) mass is 1240 g/mol. The summed E-state index contributed by atoms with van der Waals surface area (Å²) in [6, 6.07) is 34.2. The fourth-order valence-corrected chi connectivity index (χ4v) is 8.85. The lowest BCUT2D eigenvalue weighted by Crippen LogP contribution is -2.43. The Balaban J connectivity index is 0.000000353. The number of hydrogen-bond acceptors (Lipinski definition) is 10. The van der Waals surface area contributed by atoms with Crippen LogP contribution in [0.3, 0.4) is 0 Å². The highest BCUT2D eigenvalue weighted by atomic mass is 35.5. The first-order valence-corrected chi connectivity index (χ1v) is 29.9. The number of carbonyl (C=O) groups excluding carboxylic acids is 5. The molecule has 0 bridgehead atoms. The third-order valence-electron chi connectivity index (χ3n) is 12.5. The number of anilines is 7. The average molecular weight is 1240 g/mol. The van der Waals surface area contributed by atoms with E-state index in [9.17, 15) is 38.7 Å². The lowest BCUT2D eigenvalue weighted by molar-refractivity contribution is -0.139. The molecule has 23 heteroatoms. The number of halogens is 4. The first kappa shape index (κ1) is 71.0. The van der Waals surface area contributed by atoms with E-state index < -0.39 is 29.9 Å². The van der Waals surface area contributed by atoms with Crippen molar-refractivity contribution in [2.24, 2.45) is 5.73 Å². The van der Waals surface area contributed by atoms with Crippen molar-refractivity contribution in [1.82, 2.24) is 10.6 Å². The molecular weight excluding hydrogens is 1160 g/mol. The molecule has 3 atom stereocenters. The van der Waals surface area contributed by atoms with E-state index in [0.29, 0.717) is 91.6 Å². The van der Waals surface area contributed by atoms with Crippen LogP contribution in [0, 0.1) is 0 Å². The van der Waals surface area contributed by atoms with Gasteiger partial charge < -0.3 is 63.0 Å². The van der Waals surface area contributed by atoms with E-state index in [0.717, 1.165) is 42.0 Å². The normalized spacial score (nSPS) is 11.5. The first-order valence-electron chi connectivity index (χ1n) is 27.7. The standard InChI is InChI=1S/C24H28Cl2N4O6.C24H32Cl2N4O2.C13H20N2O/c25-10-12-30(13-11-26)19-6-4-17(5-7-19)28-24(36)29-20(23(34)35)8-9-21(31)27-18-3-1-2-16(14-18)15-22(32)33;1-3-19-5-4-6-21(17-19)28-23(31)12-7-18(2)27-24(32)29-20-8-10-22(11-9-20)30(15-13-25)16-14-26;1-3-11-5-4-6-12(9-11)15-13(16)8-7-10(2)14/h1-7,14,20H,8-13,15H2,(H,27,31)(H,32,33)(H,34,35)(H2,28,29,36);4-6,8-11,17-18H,3,7,12-16H2,1-2H3,(H,28,31)(H2,27,29,32);4-6,9-10H,3,7-8,14H2,1-2H3,(H,15,16). The molecular formula is C61H80Cl4N10O9. The Kier molecular flexibility index (Phi) is 33.8. The van der Waals surface area contributed by atoms with Crippen molar-refractivity contribution in [3.05, 3.63) is 138 Å². The fraction of sp³-hybridized carbons (Fsp3) is 0.393. The smallest absolute Gasteiger partial charge is 0.326 e. The van der Waals surface area contributed by atoms with Crippen molar-refractivity contribution in [3.63, 3.8) is 0 Å². The number of benzene rings is 5. The minimum Gasteiger partial charge on any atom is -0.481 e. The van der Waals surface area contributed by atoms with Crippen LogP contribution in [0.4, 0.5) is 49.4 Å². The summed E-state index contributed by atoms with van der Waals surface area (Å²) in [5, 5.41) is 37.3. The Morgan fingerprint density at radius 3 is 1.21 bits per heavy atom. The lowest BCUT2D eigenvalue weighted by Gasteiger charge is -2.23. The molecule has 0 saturated carbocycles. The van der Waals surface area contributed by atoms with Gasteiger partial charge in [0.05, 0.1) is 6.42 Å². The van der Waals surface area contributed by atoms with Gasteiger partial charge in [0.25, 0.3) is 0 Å². The predicted molar refractivity (Wildman–Crippen MR) is 342 cm³/mol. The van der Waals surface area contributed by atoms with Gasteiger partial charge in [0.1, 0.15) is 6.04 Å². The van der Waals surface area contributed by atoms with Gasteiger partial charge in [-0.1, -0.05) is 50.2 Å². The molecule has 0 aliphatic carbocycles. The van der Waals surface area contributed by atoms with Gasteiger partial charge in [-0.15, -0.1) is 46.4 Å². The second-order valence-corrected chi connectivity index (χ2v) is 20.9. The molecule has 0 aliphatic heterocycles. The quantitative estimate of drug-likeness (QED) is 0.0186. The van der Waals surface area contributed by atoms with E-state index in [4.69, 9.17) is 57.2 Å². The van der Waals surface area contributed by atoms with E-state index in [1.165, 1.54) is 17.2 Å². The molecule has 0 heterocycles. The highest BCUT2D eigenvalue weighted by Gasteiger charge is 2.22. The largest absolute Gasteiger partial charge is 0.481 e. The molecule has 0 spiro atoms. The average Bonchev–Trinajstić information content (AvgIpc) is 3.65. The summed E-state index contributed by atoms with van der Waals surface area (Å²) >= 11 is 23.3. The molecule has 5 aromatic rings. The van der Waals surface area contributed by atoms with Crippen LogP contribution in [0.25, 0.3) is 0 Å². The number of urea groups is 2. The molecule has 11 N–H and O–H groups in total. The second kappa shape index (κ2) is 40.1. The van der Waals surface area contributed by atoms with Crippen LogP contribution in [0.2, 0.25) is 0 Å². The van der Waals surface area contributed by atoms with Gasteiger partial charge in [-0.2, -0.15) is 0 Å². The highest BCUT2D eigenvalue weighted by Crippen LogP contribution is 2.21. The number of nitrogens with one attached hydrogen (secondary N) is 7. The summed E-state index contributed by atoms with van der Waals surface area (Å²) in [4.78, 5) is 87.2. The molecule has 3 unspecified atom stereocenters. The van der Waals surface area contributed by atoms with Gasteiger partial charge in [0, 0.05) is 121 Å². The molecule has 5 rings (SSSR count). The van der Waals surface area contributed by atoms with Gasteiger partial charge in [0.15, 0.2) is 0 Å². The van der Waals surface area contributed by atoms with Crippen molar-refractivity contribution in [2.75, 3.05) is 86.1 Å². The SMILES string of the molecule is CCc1cccc(NC(=O)CCC(C)N)c1.CCc1cccc(NC(=O)CCC(C)NC(=O)Nc2ccc(N(CCCl)CCCl)cc2)c1.O=C(O)Cc1cccc(NC(=O)CCC(NC(=O)Nc2ccc(N(CCCl)CCCl)cc2)C(=O)O)c1. The van der Waals surface area contributed by atoms with Gasteiger partial charge >= 0.3 is 24.0 Å². The number of aliphatic carboxylic acids is 2. The van der Waals surface area contributed by atoms with Crippen molar-refractivity contribution in [1.29, 1.82) is 0 Å². The predicted octanol–water partition coefficient (Wildman–Crippen LogP) is 11.4. The molecule has 0 radical (unpaired) electrons. The Morgan fingerprint density at radius 2 is 0.845 bits per heavy atom. The summed E-state index contributed by atoms with van der Waals surface area (Å²) in [7, 11) is 0. The summed E-state index contributed by atoms with van der Waals surface area (Å²) in [6.07, 6.45) is 3.45. The van der Waals surface area contributed by atoms with Crippen molar-refractivity contribution >= 4 is 128 Å². The number of carbonyl (C=O) groups is 7. The molecule has 5 aromatic carbocycles. The second-order valence-electron chi connectivity index (χ2n) is 19.4. The molecule has 0 aromatic heterocycles. The van der Waals surface area contributed by atoms with E-state index in [-0.39, 0.29) is 49.2 Å². The van der Waals surface area contributed by atoms with Gasteiger partial charge in [0.2, 0.25) is 17.7 Å². The molecule has 19 nitrogen and oxygen atoms in total. The number of carboxylic acid groups (broad SMARTS) is 2. The number of hydrogen-bond donors (Lipinski definition) is 10. The van der Waals surface area contributed by atoms with Gasteiger partial charge in [-0.05, 0) is 148 Å². The van der Waals surface area contributed by atoms with Crippen LogP contribution in [-0.2, 0) is 43.2 Å². The minimum absolute atomic E-state index is 0.0329. The van der Waals surface area contributed by atoms with E-state index in [1.807, 2.05) is 85.5 Å². The lowest BCUT2D eigenvalue weighted by atomic mass is 10.1. The third-order valence-corrected chi connectivity index (χ3v) is 13.2. The van der Waals surface area contributed by atoms with Gasteiger partial charge in [-0.25, -0.2) is 14.4 Å². The molecule has 0 saturated heterocycles. The summed E-state index contributed by atoms with van der Waals surface area (Å²) < 4.78 is 0. The summed E-state index contributed by atoms with van der Waals surface area (Å²) in [6.45, 7) is 10.6. The molecule has 84 heavy (non-hydrogen) atoms. The van der Waals surface area contributed by atoms with Crippen molar-refractivity contribution in [3.8, 4) is 0 Å². The maximum Gasteiger partial charge on any atom is 0.326 e. The topological polar surface area (TPSA) is 277 Å². The minimum atomic E-state index is -1.30. The number of alkyl halides is 4. The molecule has 7 amide bonds. The number of amides is 7. The zero-order chi connectivity index (χ0) is 61.8. The van der Waals surface area contributed by atoms with E-state index in [1.54, 1.807) is 42.5 Å². The van der Waals surface area contributed by atoms with Crippen LogP contribution in [0.15, 0.2) is 121 Å². The highest BCUT2D eigenvalue weighted by molar-refractivity contribution is 6.19. The summed E-state index contributed by atoms with van der Waals surface area (Å²) in [5.74, 6) is -0.884. The fourth-order valence-electron chi connectivity index (χ4n) is 8.03. The number of rotatable bonds is 31. The van der Waals surface area contributed by atoms with Crippen LogP contribution >= 0.6 is 46.4 Å². The molecule has 456 valence electrons. The van der Waals surface area contributed by atoms with E-state index >= 15 is 0 Å². The Morgan fingerprint density at radius 1 is 0.476 bits per heavy atom. The third kappa shape index (κ3) is 29.3. The molecule has 0 fully saturated rings. The Hall–Kier alpha value is -7.29. The van der Waals surface area contributed by atoms with Crippen LogP contribution in [0.5, 0.6) is 0 Å². The van der Waals surface area contributed by atoms with E-state index in [2.05, 4.69) is 62.0 Å². The number of nitrogens with two attached hydrogens (primary N) is 1. The number of carboxylic acids is 2. The maximum absolute atomic E-state index is 12.3. The Bertz CT molecular complexity index is 2820.